The average Bonchev–Trinajstić information content (AvgIpc) is 2.79. The van der Waals surface area contributed by atoms with Gasteiger partial charge in [0.05, 0.1) is 32.5 Å². The third-order valence-electron chi connectivity index (χ3n) is 4.29. The summed E-state index contributed by atoms with van der Waals surface area (Å²) in [5, 5.41) is 8.17. The van der Waals surface area contributed by atoms with Crippen LogP contribution in [0.4, 0.5) is 11.4 Å². The molecule has 0 saturated heterocycles. The Balaban J connectivity index is 2.42. The fourth-order valence-corrected chi connectivity index (χ4v) is 3.30. The fourth-order valence-electron chi connectivity index (χ4n) is 2.83. The van der Waals surface area contributed by atoms with Crippen LogP contribution in [-0.2, 0) is 9.59 Å². The minimum atomic E-state index is -1.53. The van der Waals surface area contributed by atoms with E-state index in [1.807, 2.05) is 6.92 Å². The minimum Gasteiger partial charge on any atom is -0.494 e. The predicted molar refractivity (Wildman–Crippen MR) is 126 cm³/mol. The Morgan fingerprint density at radius 1 is 1.06 bits per heavy atom. The number of para-hydroxylation sites is 1. The molecule has 0 bridgehead atoms. The van der Waals surface area contributed by atoms with Crippen LogP contribution < -0.4 is 23.4 Å². The second-order valence-electron chi connectivity index (χ2n) is 6.48. The second kappa shape index (κ2) is 12.3. The molecule has 0 aromatic heterocycles. The molecule has 1 amide bonds. The summed E-state index contributed by atoms with van der Waals surface area (Å²) in [6, 6.07) is 6.42. The lowest BCUT2D eigenvalue weighted by Crippen LogP contribution is -2.36. The molecule has 0 spiro atoms. The van der Waals surface area contributed by atoms with E-state index in [9.17, 15) is 9.59 Å². The lowest BCUT2D eigenvalue weighted by Gasteiger charge is -2.20. The molecule has 0 N–H and O–H groups in total. The van der Waals surface area contributed by atoms with Gasteiger partial charge in [0.1, 0.15) is 17.1 Å². The van der Waals surface area contributed by atoms with Crippen LogP contribution in [0.2, 0.25) is 5.02 Å². The largest absolute Gasteiger partial charge is 0.494 e. The van der Waals surface area contributed by atoms with Gasteiger partial charge < -0.3 is 18.9 Å². The molecule has 0 aliphatic rings. The van der Waals surface area contributed by atoms with E-state index in [1.54, 1.807) is 31.2 Å². The highest BCUT2D eigenvalue weighted by Crippen LogP contribution is 2.41. The molecule has 2 aromatic rings. The fraction of sp³-hybridized carbons (Fsp3) is 0.364. The maximum absolute atomic E-state index is 13.0. The van der Waals surface area contributed by atoms with E-state index in [0.29, 0.717) is 30.5 Å². The van der Waals surface area contributed by atoms with E-state index >= 15 is 0 Å². The number of amides is 1. The highest BCUT2D eigenvalue weighted by Gasteiger charge is 2.31. The zero-order chi connectivity index (χ0) is 24.5. The van der Waals surface area contributed by atoms with E-state index in [4.69, 9.17) is 42.3 Å². The normalized spacial score (nSPS) is 11.7. The van der Waals surface area contributed by atoms with E-state index in [-0.39, 0.29) is 22.1 Å². The van der Waals surface area contributed by atoms with Gasteiger partial charge in [0, 0.05) is 23.9 Å². The van der Waals surface area contributed by atoms with Crippen LogP contribution in [0.3, 0.4) is 0 Å². The summed E-state index contributed by atoms with van der Waals surface area (Å²) in [6.07, 6.45) is 0. The van der Waals surface area contributed by atoms with Gasteiger partial charge in [-0.1, -0.05) is 17.7 Å². The number of halogens is 2. The van der Waals surface area contributed by atoms with Crippen molar-refractivity contribution in [1.29, 1.82) is 0 Å². The third-order valence-corrected chi connectivity index (χ3v) is 4.93. The van der Waals surface area contributed by atoms with Gasteiger partial charge in [-0.25, -0.2) is 4.42 Å². The lowest BCUT2D eigenvalue weighted by atomic mass is 10.2. The molecule has 33 heavy (non-hydrogen) atoms. The Kier molecular flexibility index (Phi) is 9.74. The van der Waals surface area contributed by atoms with E-state index in [2.05, 4.69) is 10.2 Å². The van der Waals surface area contributed by atoms with Gasteiger partial charge in [0.2, 0.25) is 6.04 Å². The number of ether oxygens (including phenoxy) is 4. The van der Waals surface area contributed by atoms with Crippen LogP contribution in [0.1, 0.15) is 20.8 Å². The van der Waals surface area contributed by atoms with Crippen LogP contribution >= 0.6 is 23.4 Å². The summed E-state index contributed by atoms with van der Waals surface area (Å²) in [5.74, 6) is -0.0474. The maximum Gasteiger partial charge on any atom is 0.276 e. The Morgan fingerprint density at radius 2 is 1.76 bits per heavy atom. The van der Waals surface area contributed by atoms with Crippen molar-refractivity contribution in [1.82, 2.24) is 0 Å². The Labute approximate surface area is 202 Å². The van der Waals surface area contributed by atoms with Crippen LogP contribution in [0, 0.1) is 0 Å². The first kappa shape index (κ1) is 26.2. The van der Waals surface area contributed by atoms with E-state index < -0.39 is 17.7 Å². The minimum absolute atomic E-state index is 0.154. The van der Waals surface area contributed by atoms with Crippen LogP contribution in [-0.4, -0.2) is 45.2 Å². The van der Waals surface area contributed by atoms with Crippen LogP contribution in [0.5, 0.6) is 23.0 Å². The summed E-state index contributed by atoms with van der Waals surface area (Å²) < 4.78 is 22.3. The summed E-state index contributed by atoms with van der Waals surface area (Å²) in [6.45, 7) is 5.59. The molecule has 0 aliphatic carbocycles. The molecule has 9 nitrogen and oxygen atoms in total. The van der Waals surface area contributed by atoms with Crippen molar-refractivity contribution in [3.63, 3.8) is 0 Å². The topological polar surface area (TPSA) is 99.0 Å². The van der Waals surface area contributed by atoms with E-state index in [0.717, 1.165) is 4.42 Å². The summed E-state index contributed by atoms with van der Waals surface area (Å²) in [4.78, 5) is 25.3. The number of carbonyl (C=O) groups is 2. The van der Waals surface area contributed by atoms with Crippen molar-refractivity contribution >= 4 is 46.4 Å². The van der Waals surface area contributed by atoms with Crippen molar-refractivity contribution < 1.29 is 28.5 Å². The van der Waals surface area contributed by atoms with Gasteiger partial charge in [0.25, 0.3) is 5.91 Å². The number of carbonyl (C=O) groups excluding carboxylic acids is 2. The number of hydrogen-bond acceptors (Lipinski definition) is 8. The summed E-state index contributed by atoms with van der Waals surface area (Å²) in [7, 11) is 2.85. The molecule has 0 aliphatic heterocycles. The number of benzene rings is 2. The van der Waals surface area contributed by atoms with Gasteiger partial charge >= 0.3 is 0 Å². The SMILES string of the molecule is CCOc1cc(Cl)c(N=NC(C(C)=O)C(=O)N(Cl)c2cccc(OC)c2OC)c(OCC)c1. The molecule has 0 fully saturated rings. The second-order valence-corrected chi connectivity index (χ2v) is 7.22. The molecule has 0 heterocycles. The van der Waals surface area contributed by atoms with Crippen molar-refractivity contribution in [2.45, 2.75) is 26.8 Å². The van der Waals surface area contributed by atoms with Gasteiger partial charge in [-0.3, -0.25) is 9.59 Å². The Hall–Kier alpha value is -3.04. The van der Waals surface area contributed by atoms with Gasteiger partial charge in [-0.05, 0) is 32.9 Å². The number of rotatable bonds is 11. The van der Waals surface area contributed by atoms with Crippen LogP contribution in [0.15, 0.2) is 40.6 Å². The monoisotopic (exact) mass is 497 g/mol. The van der Waals surface area contributed by atoms with Crippen LogP contribution in [0.25, 0.3) is 0 Å². The first-order chi connectivity index (χ1) is 15.8. The molecule has 2 rings (SSSR count). The Morgan fingerprint density at radius 3 is 2.33 bits per heavy atom. The maximum atomic E-state index is 13.0. The smallest absolute Gasteiger partial charge is 0.276 e. The standard InChI is InChI=1S/C22H25Cl2N3O6/c1-6-32-14-11-15(23)20(18(12-14)33-7-2)26-25-19(13(3)28)22(29)27(24)16-9-8-10-17(30-4)21(16)31-5/h8-12,19H,6-7H2,1-5H3. The van der Waals surface area contributed by atoms with Crippen molar-refractivity contribution in [2.24, 2.45) is 10.2 Å². The molecule has 1 atom stereocenters. The van der Waals surface area contributed by atoms with Crippen molar-refractivity contribution in [3.8, 4) is 23.0 Å². The number of azo groups is 1. The number of Topliss-reactive ketones (excluding diaryl/α,β-unsaturated/α-hetero) is 1. The number of hydrogen-bond donors (Lipinski definition) is 0. The number of nitrogens with zero attached hydrogens (tertiary/aromatic N) is 3. The molecule has 178 valence electrons. The van der Waals surface area contributed by atoms with Crippen molar-refractivity contribution in [2.75, 3.05) is 31.9 Å². The number of ketones is 1. The molecule has 11 heteroatoms. The highest BCUT2D eigenvalue weighted by molar-refractivity contribution is 6.39. The van der Waals surface area contributed by atoms with Gasteiger partial charge in [-0.2, -0.15) is 5.11 Å². The van der Waals surface area contributed by atoms with Gasteiger partial charge in [0.15, 0.2) is 23.0 Å². The predicted octanol–water partition coefficient (Wildman–Crippen LogP) is 5.38. The number of methoxy groups -OCH3 is 2. The zero-order valence-corrected chi connectivity index (χ0v) is 20.4. The first-order valence-corrected chi connectivity index (χ1v) is 10.7. The summed E-state index contributed by atoms with van der Waals surface area (Å²) >= 11 is 12.6. The van der Waals surface area contributed by atoms with E-state index in [1.165, 1.54) is 27.2 Å². The highest BCUT2D eigenvalue weighted by atomic mass is 35.5. The molecule has 2 aromatic carbocycles. The zero-order valence-electron chi connectivity index (χ0n) is 18.9. The quantitative estimate of drug-likeness (QED) is 0.234. The number of anilines is 1. The van der Waals surface area contributed by atoms with Crippen molar-refractivity contribution in [3.05, 3.63) is 35.4 Å². The lowest BCUT2D eigenvalue weighted by molar-refractivity contribution is -0.126. The Bertz CT molecular complexity index is 1030. The molecule has 0 saturated carbocycles. The summed E-state index contributed by atoms with van der Waals surface area (Å²) in [5.41, 5.74) is 0.333. The third kappa shape index (κ3) is 6.27. The molecular weight excluding hydrogens is 473 g/mol. The van der Waals surface area contributed by atoms with Gasteiger partial charge in [-0.15, -0.1) is 5.11 Å². The first-order valence-electron chi connectivity index (χ1n) is 10.00. The molecular formula is C22H25Cl2N3O6. The molecule has 1 unspecified atom stereocenters. The average molecular weight is 498 g/mol. The molecule has 0 radical (unpaired) electrons.